The van der Waals surface area contributed by atoms with Crippen LogP contribution in [-0.4, -0.2) is 45.6 Å². The lowest BCUT2D eigenvalue weighted by Gasteiger charge is -2.01. The third kappa shape index (κ3) is 3.02. The summed E-state index contributed by atoms with van der Waals surface area (Å²) in [6.07, 6.45) is 4.17. The predicted octanol–water partition coefficient (Wildman–Crippen LogP) is 0.226. The molecule has 8 heteroatoms. The summed E-state index contributed by atoms with van der Waals surface area (Å²) in [7, 11) is 1.87. The summed E-state index contributed by atoms with van der Waals surface area (Å²) in [6, 6.07) is 0. The van der Waals surface area contributed by atoms with Gasteiger partial charge in [0.1, 0.15) is 0 Å². The number of carbonyl (C=O) groups is 1. The van der Waals surface area contributed by atoms with Crippen molar-refractivity contribution in [2.75, 3.05) is 20.1 Å². The van der Waals surface area contributed by atoms with E-state index in [2.05, 4.69) is 41.6 Å². The van der Waals surface area contributed by atoms with Gasteiger partial charge in [-0.15, -0.1) is 5.10 Å². The van der Waals surface area contributed by atoms with Crippen molar-refractivity contribution < 1.29 is 4.79 Å². The molecule has 96 valence electrons. The first-order chi connectivity index (χ1) is 8.70. The molecule has 0 aliphatic heterocycles. The zero-order valence-corrected chi connectivity index (χ0v) is 11.4. The highest BCUT2D eigenvalue weighted by atomic mass is 79.9. The average Bonchev–Trinajstić information content (AvgIpc) is 2.77. The van der Waals surface area contributed by atoms with Gasteiger partial charge in [-0.3, -0.25) is 4.79 Å². The molecular weight excluding hydrogens is 300 g/mol. The number of aromatic nitrogens is 4. The maximum atomic E-state index is 11.8. The molecule has 0 saturated heterocycles. The molecule has 7 nitrogen and oxygen atoms in total. The summed E-state index contributed by atoms with van der Waals surface area (Å²) >= 11 is 3.28. The van der Waals surface area contributed by atoms with Gasteiger partial charge in [-0.25, -0.2) is 9.50 Å². The molecule has 2 rings (SSSR count). The number of fused-ring (bicyclic) bond motifs is 1. The summed E-state index contributed by atoms with van der Waals surface area (Å²) < 4.78 is 2.24. The summed E-state index contributed by atoms with van der Waals surface area (Å²) in [5, 5.41) is 9.82. The van der Waals surface area contributed by atoms with Crippen LogP contribution in [0.15, 0.2) is 16.9 Å². The molecule has 0 spiro atoms. The highest BCUT2D eigenvalue weighted by Gasteiger charge is 2.12. The topological polar surface area (TPSA) is 84.2 Å². The first-order valence-corrected chi connectivity index (χ1v) is 6.30. The minimum Gasteiger partial charge on any atom is -0.349 e. The first-order valence-electron chi connectivity index (χ1n) is 5.51. The smallest absolute Gasteiger partial charge is 0.291 e. The van der Waals surface area contributed by atoms with Crippen LogP contribution in [0.1, 0.15) is 17.0 Å². The van der Waals surface area contributed by atoms with E-state index in [1.54, 1.807) is 12.4 Å². The van der Waals surface area contributed by atoms with Gasteiger partial charge in [0.2, 0.25) is 5.82 Å². The molecule has 0 atom stereocenters. The Morgan fingerprint density at radius 1 is 1.50 bits per heavy atom. The Morgan fingerprint density at radius 2 is 2.33 bits per heavy atom. The Balaban J connectivity index is 2.04. The highest BCUT2D eigenvalue weighted by molar-refractivity contribution is 9.10. The minimum atomic E-state index is -0.285. The third-order valence-corrected chi connectivity index (χ3v) is 2.66. The van der Waals surface area contributed by atoms with E-state index < -0.39 is 0 Å². The number of nitrogens with one attached hydrogen (secondary N) is 2. The number of carbonyl (C=O) groups excluding carboxylic acids is 1. The van der Waals surface area contributed by atoms with Crippen LogP contribution in [0.2, 0.25) is 0 Å². The Hall–Kier alpha value is -1.54. The SMILES string of the molecule is CNCCCNC(=O)c1nc2ncc(Br)cn2n1. The lowest BCUT2D eigenvalue weighted by atomic mass is 10.4. The van der Waals surface area contributed by atoms with Crippen LogP contribution in [0.4, 0.5) is 0 Å². The number of hydrogen-bond donors (Lipinski definition) is 2. The average molecular weight is 313 g/mol. The molecule has 0 aliphatic carbocycles. The molecule has 1 amide bonds. The van der Waals surface area contributed by atoms with Gasteiger partial charge in [-0.2, -0.15) is 4.98 Å². The molecule has 0 aliphatic rings. The molecule has 0 aromatic carbocycles. The number of rotatable bonds is 5. The second-order valence-corrected chi connectivity index (χ2v) is 4.58. The summed E-state index contributed by atoms with van der Waals surface area (Å²) in [5.41, 5.74) is 0. The maximum absolute atomic E-state index is 11.8. The van der Waals surface area contributed by atoms with Gasteiger partial charge in [-0.1, -0.05) is 0 Å². The van der Waals surface area contributed by atoms with Gasteiger partial charge >= 0.3 is 0 Å². The van der Waals surface area contributed by atoms with Gasteiger partial charge in [0.15, 0.2) is 0 Å². The van der Waals surface area contributed by atoms with E-state index in [-0.39, 0.29) is 11.7 Å². The van der Waals surface area contributed by atoms with Crippen molar-refractivity contribution in [1.82, 2.24) is 30.2 Å². The summed E-state index contributed by atoms with van der Waals surface area (Å²) in [4.78, 5) is 19.8. The molecule has 0 saturated carbocycles. The maximum Gasteiger partial charge on any atom is 0.291 e. The summed E-state index contributed by atoms with van der Waals surface area (Å²) in [5.74, 6) is 0.247. The van der Waals surface area contributed by atoms with Gasteiger partial charge in [-0.05, 0) is 35.9 Å². The highest BCUT2D eigenvalue weighted by Crippen LogP contribution is 2.07. The van der Waals surface area contributed by atoms with E-state index >= 15 is 0 Å². The normalized spacial score (nSPS) is 10.8. The fourth-order valence-electron chi connectivity index (χ4n) is 1.40. The number of hydrogen-bond acceptors (Lipinski definition) is 5. The number of halogens is 1. The molecule has 2 aromatic heterocycles. The van der Waals surface area contributed by atoms with E-state index in [1.807, 2.05) is 7.05 Å². The van der Waals surface area contributed by atoms with E-state index in [0.717, 1.165) is 17.4 Å². The molecule has 0 unspecified atom stereocenters. The zero-order chi connectivity index (χ0) is 13.0. The predicted molar refractivity (Wildman–Crippen MR) is 69.4 cm³/mol. The first kappa shape index (κ1) is 12.9. The zero-order valence-electron chi connectivity index (χ0n) is 9.85. The van der Waals surface area contributed by atoms with Crippen molar-refractivity contribution in [3.63, 3.8) is 0 Å². The quantitative estimate of drug-likeness (QED) is 0.772. The monoisotopic (exact) mass is 312 g/mol. The Bertz CT molecular complexity index is 554. The fourth-order valence-corrected chi connectivity index (χ4v) is 1.70. The van der Waals surface area contributed by atoms with Crippen molar-refractivity contribution in [3.8, 4) is 0 Å². The van der Waals surface area contributed by atoms with Gasteiger partial charge in [0.05, 0.1) is 4.47 Å². The second-order valence-electron chi connectivity index (χ2n) is 3.67. The fraction of sp³-hybridized carbons (Fsp3) is 0.400. The standard InChI is InChI=1S/C10H13BrN6O/c1-12-3-2-4-13-9(18)8-15-10-14-5-7(11)6-17(10)16-8/h5-6,12H,2-4H2,1H3,(H,13,18). The molecule has 2 heterocycles. The lowest BCUT2D eigenvalue weighted by Crippen LogP contribution is -2.27. The van der Waals surface area contributed by atoms with Gasteiger partial charge in [0, 0.05) is 18.9 Å². The Kier molecular flexibility index (Phi) is 4.21. The van der Waals surface area contributed by atoms with E-state index in [1.165, 1.54) is 4.52 Å². The van der Waals surface area contributed by atoms with Crippen LogP contribution in [0.25, 0.3) is 5.78 Å². The second kappa shape index (κ2) is 5.87. The summed E-state index contributed by atoms with van der Waals surface area (Å²) in [6.45, 7) is 1.44. The molecular formula is C10H13BrN6O. The molecule has 2 N–H and O–H groups in total. The van der Waals surface area contributed by atoms with Crippen LogP contribution in [0.3, 0.4) is 0 Å². The number of nitrogens with zero attached hydrogens (tertiary/aromatic N) is 4. The van der Waals surface area contributed by atoms with Crippen molar-refractivity contribution in [1.29, 1.82) is 0 Å². The van der Waals surface area contributed by atoms with Crippen LogP contribution < -0.4 is 10.6 Å². The van der Waals surface area contributed by atoms with E-state index in [4.69, 9.17) is 0 Å². The van der Waals surface area contributed by atoms with Crippen LogP contribution in [0, 0.1) is 0 Å². The van der Waals surface area contributed by atoms with E-state index in [0.29, 0.717) is 12.3 Å². The van der Waals surface area contributed by atoms with Crippen molar-refractivity contribution in [2.45, 2.75) is 6.42 Å². The van der Waals surface area contributed by atoms with Crippen LogP contribution in [-0.2, 0) is 0 Å². The molecule has 2 aromatic rings. The molecule has 18 heavy (non-hydrogen) atoms. The van der Waals surface area contributed by atoms with E-state index in [9.17, 15) is 4.79 Å². The lowest BCUT2D eigenvalue weighted by molar-refractivity contribution is 0.0943. The number of amides is 1. The Labute approximate surface area is 112 Å². The van der Waals surface area contributed by atoms with Crippen molar-refractivity contribution in [2.24, 2.45) is 0 Å². The van der Waals surface area contributed by atoms with Crippen molar-refractivity contribution in [3.05, 3.63) is 22.7 Å². The molecule has 0 radical (unpaired) electrons. The third-order valence-electron chi connectivity index (χ3n) is 2.25. The molecule has 0 fully saturated rings. The Morgan fingerprint density at radius 3 is 3.11 bits per heavy atom. The molecule has 0 bridgehead atoms. The minimum absolute atomic E-state index is 0.130. The van der Waals surface area contributed by atoms with Crippen LogP contribution in [0.5, 0.6) is 0 Å². The van der Waals surface area contributed by atoms with Crippen LogP contribution >= 0.6 is 15.9 Å². The largest absolute Gasteiger partial charge is 0.349 e. The van der Waals surface area contributed by atoms with Gasteiger partial charge in [0.25, 0.3) is 11.7 Å². The van der Waals surface area contributed by atoms with Gasteiger partial charge < -0.3 is 10.6 Å². The van der Waals surface area contributed by atoms with Crippen molar-refractivity contribution >= 4 is 27.6 Å².